The summed E-state index contributed by atoms with van der Waals surface area (Å²) >= 11 is 0. The zero-order chi connectivity index (χ0) is 12.7. The lowest BCUT2D eigenvalue weighted by molar-refractivity contribution is -0.00529. The van der Waals surface area contributed by atoms with Crippen LogP contribution in [0, 0.1) is 0 Å². The standard InChI is InChI=1S/C13H18O4/c1-3-12(16-4-2)9-17-13(15)10-5-7-11(14)8-6-10/h5-8,12,14H,3-4,9H2,1-2H3/t12-/m0/s1. The Labute approximate surface area is 101 Å². The van der Waals surface area contributed by atoms with Crippen molar-refractivity contribution >= 4 is 5.97 Å². The van der Waals surface area contributed by atoms with Gasteiger partial charge in [0.15, 0.2) is 0 Å². The van der Waals surface area contributed by atoms with E-state index in [4.69, 9.17) is 14.6 Å². The molecule has 0 amide bonds. The maximum atomic E-state index is 11.6. The molecule has 0 aromatic heterocycles. The molecule has 0 aliphatic carbocycles. The molecule has 4 heteroatoms. The molecule has 0 saturated heterocycles. The minimum atomic E-state index is -0.400. The summed E-state index contributed by atoms with van der Waals surface area (Å²) in [6, 6.07) is 5.96. The van der Waals surface area contributed by atoms with Gasteiger partial charge >= 0.3 is 5.97 Å². The number of benzene rings is 1. The number of hydrogen-bond acceptors (Lipinski definition) is 4. The zero-order valence-electron chi connectivity index (χ0n) is 10.2. The summed E-state index contributed by atoms with van der Waals surface area (Å²) in [5.74, 6) is -0.273. The SMILES string of the molecule is CCO[C@@H](CC)COC(=O)c1ccc(O)cc1. The van der Waals surface area contributed by atoms with Crippen LogP contribution in [0.3, 0.4) is 0 Å². The molecule has 17 heavy (non-hydrogen) atoms. The Morgan fingerprint density at radius 1 is 1.29 bits per heavy atom. The topological polar surface area (TPSA) is 55.8 Å². The number of carbonyl (C=O) groups excluding carboxylic acids is 1. The summed E-state index contributed by atoms with van der Waals surface area (Å²) in [6.07, 6.45) is 0.748. The summed E-state index contributed by atoms with van der Waals surface area (Å²) in [6.45, 7) is 4.75. The molecule has 1 aromatic rings. The summed E-state index contributed by atoms with van der Waals surface area (Å²) in [4.78, 5) is 11.6. The van der Waals surface area contributed by atoms with Crippen LogP contribution < -0.4 is 0 Å². The molecule has 0 fully saturated rings. The molecular weight excluding hydrogens is 220 g/mol. The molecule has 1 rings (SSSR count). The maximum Gasteiger partial charge on any atom is 0.338 e. The van der Waals surface area contributed by atoms with Crippen LogP contribution in [0.1, 0.15) is 30.6 Å². The highest BCUT2D eigenvalue weighted by atomic mass is 16.6. The Morgan fingerprint density at radius 3 is 2.47 bits per heavy atom. The fourth-order valence-corrected chi connectivity index (χ4v) is 1.37. The first-order valence-corrected chi connectivity index (χ1v) is 5.75. The Balaban J connectivity index is 2.46. The second kappa shape index (κ2) is 6.91. The number of carbonyl (C=O) groups is 1. The third-order valence-electron chi connectivity index (χ3n) is 2.36. The molecule has 0 unspecified atom stereocenters. The van der Waals surface area contributed by atoms with Crippen LogP contribution in [0.25, 0.3) is 0 Å². The second-order valence-electron chi connectivity index (χ2n) is 3.63. The smallest absolute Gasteiger partial charge is 0.338 e. The molecule has 0 spiro atoms. The largest absolute Gasteiger partial charge is 0.508 e. The van der Waals surface area contributed by atoms with Crippen LogP contribution in [0.5, 0.6) is 5.75 Å². The monoisotopic (exact) mass is 238 g/mol. The highest BCUT2D eigenvalue weighted by Gasteiger charge is 2.11. The number of esters is 1. The van der Waals surface area contributed by atoms with E-state index in [1.165, 1.54) is 24.3 Å². The van der Waals surface area contributed by atoms with Gasteiger partial charge in [-0.15, -0.1) is 0 Å². The van der Waals surface area contributed by atoms with Gasteiger partial charge < -0.3 is 14.6 Å². The van der Waals surface area contributed by atoms with Crippen molar-refractivity contribution in [2.24, 2.45) is 0 Å². The minimum Gasteiger partial charge on any atom is -0.508 e. The van der Waals surface area contributed by atoms with Crippen molar-refractivity contribution in [2.45, 2.75) is 26.4 Å². The van der Waals surface area contributed by atoms with Crippen LogP contribution in [0.15, 0.2) is 24.3 Å². The summed E-state index contributed by atoms with van der Waals surface area (Å²) in [5.41, 5.74) is 0.425. The van der Waals surface area contributed by atoms with Crippen molar-refractivity contribution < 1.29 is 19.4 Å². The third kappa shape index (κ3) is 4.44. The molecule has 0 aliphatic rings. The van der Waals surface area contributed by atoms with E-state index in [0.29, 0.717) is 12.2 Å². The maximum absolute atomic E-state index is 11.6. The van der Waals surface area contributed by atoms with Gasteiger partial charge in [-0.25, -0.2) is 4.79 Å². The van der Waals surface area contributed by atoms with Gasteiger partial charge in [-0.05, 0) is 37.6 Å². The fourth-order valence-electron chi connectivity index (χ4n) is 1.37. The molecule has 1 atom stereocenters. The highest BCUT2D eigenvalue weighted by molar-refractivity contribution is 5.89. The molecule has 1 N–H and O–H groups in total. The lowest BCUT2D eigenvalue weighted by atomic mass is 10.2. The summed E-state index contributed by atoms with van der Waals surface area (Å²) in [5, 5.41) is 9.09. The molecule has 0 bridgehead atoms. The van der Waals surface area contributed by atoms with E-state index in [0.717, 1.165) is 6.42 Å². The average Bonchev–Trinajstić information content (AvgIpc) is 2.35. The fraction of sp³-hybridized carbons (Fsp3) is 0.462. The number of aromatic hydroxyl groups is 1. The highest BCUT2D eigenvalue weighted by Crippen LogP contribution is 2.11. The van der Waals surface area contributed by atoms with Crippen LogP contribution in [0.2, 0.25) is 0 Å². The van der Waals surface area contributed by atoms with Crippen LogP contribution >= 0.6 is 0 Å². The van der Waals surface area contributed by atoms with Gasteiger partial charge in [0.1, 0.15) is 12.4 Å². The van der Waals surface area contributed by atoms with Crippen LogP contribution in [-0.4, -0.2) is 30.4 Å². The molecule has 1 aromatic carbocycles. The lowest BCUT2D eigenvalue weighted by Crippen LogP contribution is -2.21. The van der Waals surface area contributed by atoms with E-state index >= 15 is 0 Å². The summed E-state index contributed by atoms with van der Waals surface area (Å²) in [7, 11) is 0. The van der Waals surface area contributed by atoms with Crippen molar-refractivity contribution in [1.82, 2.24) is 0 Å². The zero-order valence-corrected chi connectivity index (χ0v) is 10.2. The van der Waals surface area contributed by atoms with Crippen molar-refractivity contribution in [1.29, 1.82) is 0 Å². The first-order chi connectivity index (χ1) is 8.17. The Bertz CT molecular complexity index is 345. The van der Waals surface area contributed by atoms with E-state index < -0.39 is 5.97 Å². The van der Waals surface area contributed by atoms with E-state index in [9.17, 15) is 4.79 Å². The number of ether oxygens (including phenoxy) is 2. The predicted octanol–water partition coefficient (Wildman–Crippen LogP) is 2.36. The van der Waals surface area contributed by atoms with E-state index in [1.54, 1.807) is 0 Å². The number of rotatable bonds is 6. The van der Waals surface area contributed by atoms with E-state index in [1.807, 2.05) is 13.8 Å². The van der Waals surface area contributed by atoms with E-state index in [-0.39, 0.29) is 18.5 Å². The first-order valence-electron chi connectivity index (χ1n) is 5.75. The van der Waals surface area contributed by atoms with Crippen molar-refractivity contribution in [2.75, 3.05) is 13.2 Å². The van der Waals surface area contributed by atoms with Gasteiger partial charge in [-0.3, -0.25) is 0 Å². The quantitative estimate of drug-likeness (QED) is 0.773. The van der Waals surface area contributed by atoms with Gasteiger partial charge in [-0.1, -0.05) is 6.92 Å². The Morgan fingerprint density at radius 2 is 1.94 bits per heavy atom. The number of phenolic OH excluding ortho intramolecular Hbond substituents is 1. The molecule has 0 radical (unpaired) electrons. The van der Waals surface area contributed by atoms with E-state index in [2.05, 4.69) is 0 Å². The van der Waals surface area contributed by atoms with Gasteiger partial charge in [-0.2, -0.15) is 0 Å². The molecule has 0 aliphatic heterocycles. The minimum absolute atomic E-state index is 0.0546. The lowest BCUT2D eigenvalue weighted by Gasteiger charge is -2.14. The van der Waals surface area contributed by atoms with Crippen molar-refractivity contribution in [3.05, 3.63) is 29.8 Å². The average molecular weight is 238 g/mol. The van der Waals surface area contributed by atoms with Gasteiger partial charge in [0.2, 0.25) is 0 Å². The Kier molecular flexibility index (Phi) is 5.49. The molecular formula is C13H18O4. The molecule has 4 nitrogen and oxygen atoms in total. The van der Waals surface area contributed by atoms with Gasteiger partial charge in [0, 0.05) is 6.61 Å². The third-order valence-corrected chi connectivity index (χ3v) is 2.36. The summed E-state index contributed by atoms with van der Waals surface area (Å²) < 4.78 is 10.5. The second-order valence-corrected chi connectivity index (χ2v) is 3.63. The normalized spacial score (nSPS) is 12.1. The molecule has 0 heterocycles. The number of hydrogen-bond donors (Lipinski definition) is 1. The van der Waals surface area contributed by atoms with Gasteiger partial charge in [0.25, 0.3) is 0 Å². The van der Waals surface area contributed by atoms with Crippen molar-refractivity contribution in [3.63, 3.8) is 0 Å². The number of phenols is 1. The van der Waals surface area contributed by atoms with Crippen LogP contribution in [0.4, 0.5) is 0 Å². The Hall–Kier alpha value is -1.55. The first kappa shape index (κ1) is 13.5. The van der Waals surface area contributed by atoms with Gasteiger partial charge in [0.05, 0.1) is 11.7 Å². The van der Waals surface area contributed by atoms with Crippen molar-refractivity contribution in [3.8, 4) is 5.75 Å². The molecule has 0 saturated carbocycles. The molecule has 94 valence electrons. The van der Waals surface area contributed by atoms with Crippen LogP contribution in [-0.2, 0) is 9.47 Å². The predicted molar refractivity (Wildman–Crippen MR) is 64.1 cm³/mol.